The van der Waals surface area contributed by atoms with Crippen LogP contribution in [0.25, 0.3) is 11.8 Å². The van der Waals surface area contributed by atoms with Gasteiger partial charge in [-0.3, -0.25) is 4.79 Å². The predicted molar refractivity (Wildman–Crippen MR) is 94.1 cm³/mol. The standard InChI is InChI=1S/C19H23N3O2/c1-14-13-21(11-12-24-14)19(23)10-9-18-15(2)20-22(16(18)3)17-7-5-4-6-8-17/h4-10,14H,11-13H2,1-3H3/b10-9+. The van der Waals surface area contributed by atoms with Crippen molar-refractivity contribution in [1.29, 1.82) is 0 Å². The van der Waals surface area contributed by atoms with Gasteiger partial charge in [-0.2, -0.15) is 5.10 Å². The molecule has 0 bridgehead atoms. The van der Waals surface area contributed by atoms with Gasteiger partial charge in [-0.05, 0) is 39.0 Å². The zero-order chi connectivity index (χ0) is 17.1. The highest BCUT2D eigenvalue weighted by atomic mass is 16.5. The second kappa shape index (κ2) is 7.01. The average molecular weight is 325 g/mol. The molecule has 0 spiro atoms. The fourth-order valence-electron chi connectivity index (χ4n) is 3.00. The summed E-state index contributed by atoms with van der Waals surface area (Å²) in [7, 11) is 0. The molecule has 5 nitrogen and oxygen atoms in total. The molecule has 1 aliphatic rings. The third-order valence-electron chi connectivity index (χ3n) is 4.29. The number of carbonyl (C=O) groups is 1. The lowest BCUT2D eigenvalue weighted by Crippen LogP contribution is -2.43. The highest BCUT2D eigenvalue weighted by Gasteiger charge is 2.20. The fourth-order valence-corrected chi connectivity index (χ4v) is 3.00. The maximum atomic E-state index is 12.4. The first-order valence-electron chi connectivity index (χ1n) is 8.26. The second-order valence-corrected chi connectivity index (χ2v) is 6.13. The first-order chi connectivity index (χ1) is 11.6. The van der Waals surface area contributed by atoms with E-state index in [0.717, 1.165) is 22.6 Å². The number of aryl methyl sites for hydroxylation is 1. The SMILES string of the molecule is Cc1nn(-c2ccccc2)c(C)c1/C=C/C(=O)N1CCOC(C)C1. The van der Waals surface area contributed by atoms with Gasteiger partial charge >= 0.3 is 0 Å². The van der Waals surface area contributed by atoms with E-state index < -0.39 is 0 Å². The van der Waals surface area contributed by atoms with Gasteiger partial charge in [-0.25, -0.2) is 4.68 Å². The molecule has 1 aromatic carbocycles. The fraction of sp³-hybridized carbons (Fsp3) is 0.368. The molecule has 5 heteroatoms. The number of hydrogen-bond donors (Lipinski definition) is 0. The van der Waals surface area contributed by atoms with Crippen molar-refractivity contribution in [2.75, 3.05) is 19.7 Å². The van der Waals surface area contributed by atoms with Crippen LogP contribution in [0.15, 0.2) is 36.4 Å². The predicted octanol–water partition coefficient (Wildman–Crippen LogP) is 2.75. The van der Waals surface area contributed by atoms with Crippen molar-refractivity contribution >= 4 is 12.0 Å². The number of carbonyl (C=O) groups excluding carboxylic acids is 1. The summed E-state index contributed by atoms with van der Waals surface area (Å²) in [5.74, 6) is 0.0245. The lowest BCUT2D eigenvalue weighted by atomic mass is 10.1. The van der Waals surface area contributed by atoms with Crippen molar-refractivity contribution in [1.82, 2.24) is 14.7 Å². The van der Waals surface area contributed by atoms with E-state index in [-0.39, 0.29) is 12.0 Å². The molecule has 0 N–H and O–H groups in total. The van der Waals surface area contributed by atoms with Gasteiger partial charge in [-0.15, -0.1) is 0 Å². The van der Waals surface area contributed by atoms with Gasteiger partial charge in [0.2, 0.25) is 5.91 Å². The molecule has 1 atom stereocenters. The Kier molecular flexibility index (Phi) is 4.81. The van der Waals surface area contributed by atoms with Crippen molar-refractivity contribution in [2.24, 2.45) is 0 Å². The van der Waals surface area contributed by atoms with Gasteiger partial charge in [-0.1, -0.05) is 18.2 Å². The van der Waals surface area contributed by atoms with Crippen molar-refractivity contribution in [3.63, 3.8) is 0 Å². The summed E-state index contributed by atoms with van der Waals surface area (Å²) in [5, 5.41) is 4.60. The largest absolute Gasteiger partial charge is 0.375 e. The molecule has 1 aliphatic heterocycles. The van der Waals surface area contributed by atoms with Crippen LogP contribution in [0.4, 0.5) is 0 Å². The summed E-state index contributed by atoms with van der Waals surface area (Å²) < 4.78 is 7.39. The van der Waals surface area contributed by atoms with Crippen LogP contribution < -0.4 is 0 Å². The van der Waals surface area contributed by atoms with E-state index in [1.807, 2.05) is 66.8 Å². The maximum absolute atomic E-state index is 12.4. The average Bonchev–Trinajstić information content (AvgIpc) is 2.88. The number of morpholine rings is 1. The van der Waals surface area contributed by atoms with E-state index in [9.17, 15) is 4.79 Å². The molecule has 1 aromatic heterocycles. The van der Waals surface area contributed by atoms with Gasteiger partial charge in [0.25, 0.3) is 0 Å². The quantitative estimate of drug-likeness (QED) is 0.815. The molecule has 126 valence electrons. The minimum atomic E-state index is 0.0245. The van der Waals surface area contributed by atoms with Crippen LogP contribution in [-0.2, 0) is 9.53 Å². The zero-order valence-electron chi connectivity index (χ0n) is 14.4. The van der Waals surface area contributed by atoms with Gasteiger partial charge in [0.05, 0.1) is 24.1 Å². The second-order valence-electron chi connectivity index (χ2n) is 6.13. The molecule has 0 radical (unpaired) electrons. The third-order valence-corrected chi connectivity index (χ3v) is 4.29. The van der Waals surface area contributed by atoms with Crippen LogP contribution >= 0.6 is 0 Å². The lowest BCUT2D eigenvalue weighted by molar-refractivity contribution is -0.132. The number of benzene rings is 1. The van der Waals surface area contributed by atoms with Crippen LogP contribution in [0.5, 0.6) is 0 Å². The minimum Gasteiger partial charge on any atom is -0.375 e. The Morgan fingerprint density at radius 2 is 2.04 bits per heavy atom. The van der Waals surface area contributed by atoms with Crippen LogP contribution in [-0.4, -0.2) is 46.4 Å². The summed E-state index contributed by atoms with van der Waals surface area (Å²) in [5.41, 5.74) is 3.95. The molecule has 24 heavy (non-hydrogen) atoms. The molecule has 2 aromatic rings. The molecular formula is C19H23N3O2. The summed E-state index contributed by atoms with van der Waals surface area (Å²) in [6.45, 7) is 7.87. The van der Waals surface area contributed by atoms with Gasteiger partial charge in [0, 0.05) is 30.4 Å². The van der Waals surface area contributed by atoms with Crippen molar-refractivity contribution < 1.29 is 9.53 Å². The lowest BCUT2D eigenvalue weighted by Gasteiger charge is -2.30. The number of rotatable bonds is 3. The molecule has 1 unspecified atom stereocenters. The van der Waals surface area contributed by atoms with Crippen LogP contribution in [0, 0.1) is 13.8 Å². The molecule has 2 heterocycles. The highest BCUT2D eigenvalue weighted by Crippen LogP contribution is 2.19. The Bertz CT molecular complexity index is 749. The van der Waals surface area contributed by atoms with E-state index in [2.05, 4.69) is 5.10 Å². The van der Waals surface area contributed by atoms with Gasteiger partial charge < -0.3 is 9.64 Å². The Labute approximate surface area is 142 Å². The topological polar surface area (TPSA) is 47.4 Å². The van der Waals surface area contributed by atoms with Crippen molar-refractivity contribution in [3.8, 4) is 5.69 Å². The maximum Gasteiger partial charge on any atom is 0.246 e. The number of ether oxygens (including phenoxy) is 1. The molecular weight excluding hydrogens is 302 g/mol. The number of para-hydroxylation sites is 1. The summed E-state index contributed by atoms with van der Waals surface area (Å²) >= 11 is 0. The molecule has 0 aliphatic carbocycles. The smallest absolute Gasteiger partial charge is 0.246 e. The first kappa shape index (κ1) is 16.5. The molecule has 1 fully saturated rings. The van der Waals surface area contributed by atoms with E-state index in [4.69, 9.17) is 4.74 Å². The number of aromatic nitrogens is 2. The van der Waals surface area contributed by atoms with Crippen LogP contribution in [0.2, 0.25) is 0 Å². The van der Waals surface area contributed by atoms with E-state index in [1.165, 1.54) is 0 Å². The normalized spacial score (nSPS) is 18.3. The van der Waals surface area contributed by atoms with E-state index >= 15 is 0 Å². The van der Waals surface area contributed by atoms with E-state index in [1.54, 1.807) is 6.08 Å². The Morgan fingerprint density at radius 3 is 2.75 bits per heavy atom. The van der Waals surface area contributed by atoms with E-state index in [0.29, 0.717) is 19.7 Å². The monoisotopic (exact) mass is 325 g/mol. The molecule has 1 saturated heterocycles. The molecule has 1 amide bonds. The minimum absolute atomic E-state index is 0.0245. The summed E-state index contributed by atoms with van der Waals surface area (Å²) in [6, 6.07) is 10.0. The first-order valence-corrected chi connectivity index (χ1v) is 8.26. The van der Waals surface area contributed by atoms with Crippen LogP contribution in [0.1, 0.15) is 23.9 Å². The number of amides is 1. The Hall–Kier alpha value is -2.40. The zero-order valence-corrected chi connectivity index (χ0v) is 14.4. The number of hydrogen-bond acceptors (Lipinski definition) is 3. The summed E-state index contributed by atoms with van der Waals surface area (Å²) in [6.07, 6.45) is 3.62. The molecule has 0 saturated carbocycles. The van der Waals surface area contributed by atoms with Crippen LogP contribution in [0.3, 0.4) is 0 Å². The number of nitrogens with zero attached hydrogens (tertiary/aromatic N) is 3. The summed E-state index contributed by atoms with van der Waals surface area (Å²) in [4.78, 5) is 14.2. The van der Waals surface area contributed by atoms with Gasteiger partial charge in [0.1, 0.15) is 0 Å². The van der Waals surface area contributed by atoms with Gasteiger partial charge in [0.15, 0.2) is 0 Å². The molecule has 3 rings (SSSR count). The van der Waals surface area contributed by atoms with Crippen molar-refractivity contribution in [2.45, 2.75) is 26.9 Å². The Morgan fingerprint density at radius 1 is 1.29 bits per heavy atom. The van der Waals surface area contributed by atoms with Crippen molar-refractivity contribution in [3.05, 3.63) is 53.4 Å². The third kappa shape index (κ3) is 3.41. The Balaban J connectivity index is 1.80. The highest BCUT2D eigenvalue weighted by molar-refractivity contribution is 5.92.